The normalized spacial score (nSPS) is 16.8. The maximum atomic E-state index is 9.10. The monoisotopic (exact) mass is 274 g/mol. The Bertz CT molecular complexity index is 613. The summed E-state index contributed by atoms with van der Waals surface area (Å²) in [5.41, 5.74) is 1.36. The Morgan fingerprint density at radius 2 is 2.16 bits per heavy atom. The van der Waals surface area contributed by atoms with Crippen LogP contribution >= 0.6 is 11.3 Å². The summed E-state index contributed by atoms with van der Waals surface area (Å²) < 4.78 is 1.70. The van der Waals surface area contributed by atoms with Crippen LogP contribution in [0.3, 0.4) is 0 Å². The van der Waals surface area contributed by atoms with Crippen molar-refractivity contribution in [2.75, 3.05) is 0 Å². The highest BCUT2D eigenvalue weighted by atomic mass is 32.1. The summed E-state index contributed by atoms with van der Waals surface area (Å²) in [5.74, 6) is 0.877. The lowest BCUT2D eigenvalue weighted by Crippen LogP contribution is -2.07. The topological polar surface area (TPSA) is 54.0 Å². The summed E-state index contributed by atoms with van der Waals surface area (Å²) in [5, 5.41) is 14.8. The summed E-state index contributed by atoms with van der Waals surface area (Å²) in [6, 6.07) is 2.18. The van der Waals surface area contributed by atoms with Crippen LogP contribution < -0.4 is 0 Å². The molecule has 0 amide bonds. The zero-order chi connectivity index (χ0) is 13.2. The van der Waals surface area contributed by atoms with Crippen LogP contribution in [-0.2, 0) is 6.42 Å². The molecule has 2 aromatic heterocycles. The minimum absolute atomic E-state index is 0.579. The Balaban J connectivity index is 1.71. The van der Waals surface area contributed by atoms with Crippen LogP contribution in [0.25, 0.3) is 4.96 Å². The molecule has 1 aliphatic rings. The van der Waals surface area contributed by atoms with E-state index in [1.165, 1.54) is 38.5 Å². The molecule has 100 valence electrons. The lowest BCUT2D eigenvalue weighted by Gasteiger charge is -2.20. The average molecular weight is 274 g/mol. The smallest absolute Gasteiger partial charge is 0.213 e. The van der Waals surface area contributed by atoms with Gasteiger partial charge in [0, 0.05) is 6.42 Å². The quantitative estimate of drug-likeness (QED) is 0.861. The number of nitriles is 1. The van der Waals surface area contributed by atoms with E-state index in [2.05, 4.69) is 16.2 Å². The Morgan fingerprint density at radius 3 is 2.89 bits per heavy atom. The molecule has 1 fully saturated rings. The van der Waals surface area contributed by atoms with Gasteiger partial charge in [-0.05, 0) is 19.3 Å². The van der Waals surface area contributed by atoms with Crippen molar-refractivity contribution in [3.8, 4) is 6.07 Å². The van der Waals surface area contributed by atoms with Crippen LogP contribution in [0.5, 0.6) is 0 Å². The zero-order valence-electron chi connectivity index (χ0n) is 11.2. The van der Waals surface area contributed by atoms with Gasteiger partial charge >= 0.3 is 0 Å². The summed E-state index contributed by atoms with van der Waals surface area (Å²) in [4.78, 5) is 5.25. The van der Waals surface area contributed by atoms with Gasteiger partial charge in [0.25, 0.3) is 0 Å². The molecular formula is C14H18N4S. The van der Waals surface area contributed by atoms with Gasteiger partial charge in [0.05, 0.1) is 5.69 Å². The largest absolute Gasteiger partial charge is 0.221 e. The number of hydrogen-bond donors (Lipinski definition) is 0. The maximum Gasteiger partial charge on any atom is 0.213 e. The SMILES string of the molecule is Cc1nc2sc(CCC3CCCCC3)nn2c1C#N. The molecule has 2 heterocycles. The van der Waals surface area contributed by atoms with Crippen molar-refractivity contribution < 1.29 is 0 Å². The van der Waals surface area contributed by atoms with E-state index in [1.807, 2.05) is 6.92 Å². The second-order valence-electron chi connectivity index (χ2n) is 5.39. The highest BCUT2D eigenvalue weighted by Gasteiger charge is 2.16. The average Bonchev–Trinajstić information content (AvgIpc) is 2.93. The van der Waals surface area contributed by atoms with Crippen molar-refractivity contribution in [3.63, 3.8) is 0 Å². The lowest BCUT2D eigenvalue weighted by atomic mass is 9.86. The molecule has 0 spiro atoms. The highest BCUT2D eigenvalue weighted by molar-refractivity contribution is 7.16. The first-order valence-electron chi connectivity index (χ1n) is 7.03. The molecule has 1 aliphatic carbocycles. The second kappa shape index (κ2) is 5.30. The Kier molecular flexibility index (Phi) is 3.52. The number of aryl methyl sites for hydroxylation is 2. The maximum absolute atomic E-state index is 9.10. The summed E-state index contributed by atoms with van der Waals surface area (Å²) in [6.07, 6.45) is 9.22. The standard InChI is InChI=1S/C14H18N4S/c1-10-12(9-15)18-14(16-10)19-13(17-18)8-7-11-5-3-2-4-6-11/h11H,2-8H2,1H3. The van der Waals surface area contributed by atoms with E-state index in [1.54, 1.807) is 15.9 Å². The summed E-state index contributed by atoms with van der Waals surface area (Å²) in [7, 11) is 0. The Hall–Kier alpha value is -1.41. The Morgan fingerprint density at radius 1 is 1.37 bits per heavy atom. The van der Waals surface area contributed by atoms with E-state index in [0.717, 1.165) is 28.0 Å². The number of aromatic nitrogens is 3. The van der Waals surface area contributed by atoms with E-state index in [-0.39, 0.29) is 0 Å². The molecular weight excluding hydrogens is 256 g/mol. The molecule has 5 heteroatoms. The van der Waals surface area contributed by atoms with Gasteiger partial charge in [0.1, 0.15) is 11.1 Å². The molecule has 1 saturated carbocycles. The fourth-order valence-corrected chi connectivity index (χ4v) is 3.88. The van der Waals surface area contributed by atoms with Crippen molar-refractivity contribution in [1.29, 1.82) is 5.26 Å². The van der Waals surface area contributed by atoms with Crippen LogP contribution in [0, 0.1) is 24.2 Å². The lowest BCUT2D eigenvalue weighted by molar-refractivity contribution is 0.339. The molecule has 3 rings (SSSR count). The number of rotatable bonds is 3. The van der Waals surface area contributed by atoms with Gasteiger partial charge in [-0.2, -0.15) is 14.9 Å². The molecule has 0 aliphatic heterocycles. The van der Waals surface area contributed by atoms with Gasteiger partial charge < -0.3 is 0 Å². The highest BCUT2D eigenvalue weighted by Crippen LogP contribution is 2.28. The minimum atomic E-state index is 0.579. The molecule has 0 radical (unpaired) electrons. The van der Waals surface area contributed by atoms with E-state index < -0.39 is 0 Å². The van der Waals surface area contributed by atoms with Crippen molar-refractivity contribution in [2.24, 2.45) is 5.92 Å². The van der Waals surface area contributed by atoms with Crippen molar-refractivity contribution in [3.05, 3.63) is 16.4 Å². The first kappa shape index (κ1) is 12.6. The third-order valence-corrected chi connectivity index (χ3v) is 4.98. The van der Waals surface area contributed by atoms with E-state index >= 15 is 0 Å². The van der Waals surface area contributed by atoms with Gasteiger partial charge in [-0.15, -0.1) is 0 Å². The zero-order valence-corrected chi connectivity index (χ0v) is 12.0. The third kappa shape index (κ3) is 2.50. The molecule has 0 unspecified atom stereocenters. The van der Waals surface area contributed by atoms with Crippen LogP contribution in [-0.4, -0.2) is 14.6 Å². The number of fused-ring (bicyclic) bond motifs is 1. The fourth-order valence-electron chi connectivity index (χ4n) is 2.92. The number of imidazole rings is 1. The van der Waals surface area contributed by atoms with Crippen LogP contribution in [0.4, 0.5) is 0 Å². The fraction of sp³-hybridized carbons (Fsp3) is 0.643. The second-order valence-corrected chi connectivity index (χ2v) is 6.43. The first-order chi connectivity index (χ1) is 9.28. The molecule has 19 heavy (non-hydrogen) atoms. The predicted molar refractivity (Wildman–Crippen MR) is 75.2 cm³/mol. The van der Waals surface area contributed by atoms with Gasteiger partial charge in [-0.25, -0.2) is 4.98 Å². The predicted octanol–water partition coefficient (Wildman–Crippen LogP) is 3.48. The van der Waals surface area contributed by atoms with Gasteiger partial charge in [0.2, 0.25) is 4.96 Å². The first-order valence-corrected chi connectivity index (χ1v) is 7.84. The minimum Gasteiger partial charge on any atom is -0.221 e. The Labute approximate surface area is 117 Å². The number of nitrogens with zero attached hydrogens (tertiary/aromatic N) is 4. The van der Waals surface area contributed by atoms with Crippen molar-refractivity contribution in [2.45, 2.75) is 51.9 Å². The van der Waals surface area contributed by atoms with Crippen LogP contribution in [0.2, 0.25) is 0 Å². The molecule has 2 aromatic rings. The van der Waals surface area contributed by atoms with Gasteiger partial charge in [0.15, 0.2) is 5.69 Å². The molecule has 0 aromatic carbocycles. The molecule has 4 nitrogen and oxygen atoms in total. The molecule has 0 saturated heterocycles. The van der Waals surface area contributed by atoms with Crippen LogP contribution in [0.15, 0.2) is 0 Å². The van der Waals surface area contributed by atoms with Gasteiger partial charge in [-0.3, -0.25) is 0 Å². The molecule has 0 atom stereocenters. The molecule has 0 bridgehead atoms. The van der Waals surface area contributed by atoms with Crippen molar-refractivity contribution >= 4 is 16.3 Å². The van der Waals surface area contributed by atoms with Crippen LogP contribution in [0.1, 0.15) is 54.9 Å². The summed E-state index contributed by atoms with van der Waals surface area (Å²) in [6.45, 7) is 1.86. The van der Waals surface area contributed by atoms with E-state index in [9.17, 15) is 0 Å². The summed E-state index contributed by atoms with van der Waals surface area (Å²) >= 11 is 1.63. The van der Waals surface area contributed by atoms with E-state index in [0.29, 0.717) is 5.69 Å². The third-order valence-electron chi connectivity index (χ3n) is 4.02. The van der Waals surface area contributed by atoms with Crippen molar-refractivity contribution in [1.82, 2.24) is 14.6 Å². The van der Waals surface area contributed by atoms with Gasteiger partial charge in [-0.1, -0.05) is 43.4 Å². The molecule has 0 N–H and O–H groups in total. The van der Waals surface area contributed by atoms with E-state index in [4.69, 9.17) is 5.26 Å². The number of hydrogen-bond acceptors (Lipinski definition) is 4.